The van der Waals surface area contributed by atoms with Crippen LogP contribution < -0.4 is 4.74 Å². The summed E-state index contributed by atoms with van der Waals surface area (Å²) in [5.41, 5.74) is 3.72. The summed E-state index contributed by atoms with van der Waals surface area (Å²) in [6.45, 7) is 5.36. The molecule has 5 heteroatoms. The van der Waals surface area contributed by atoms with E-state index in [0.717, 1.165) is 68.5 Å². The van der Waals surface area contributed by atoms with Crippen LogP contribution in [-0.2, 0) is 6.42 Å². The molecule has 1 heterocycles. The van der Waals surface area contributed by atoms with Crippen molar-refractivity contribution in [1.82, 2.24) is 4.90 Å². The third kappa shape index (κ3) is 3.93. The molecule has 1 saturated heterocycles. The minimum Gasteiger partial charge on any atom is -0.506 e. The molecule has 4 nitrogen and oxygen atoms in total. The normalized spacial score (nSPS) is 38.3. The molecule has 3 saturated carbocycles. The largest absolute Gasteiger partial charge is 0.506 e. The third-order valence-electron chi connectivity index (χ3n) is 11.3. The molecule has 2 aromatic carbocycles. The van der Waals surface area contributed by atoms with E-state index in [9.17, 15) is 10.2 Å². The first-order chi connectivity index (χ1) is 17.9. The molecule has 0 aromatic heterocycles. The number of ether oxygens (including phenoxy) is 1. The van der Waals surface area contributed by atoms with Gasteiger partial charge in [-0.25, -0.2) is 0 Å². The van der Waals surface area contributed by atoms with Crippen molar-refractivity contribution in [3.63, 3.8) is 0 Å². The molecule has 7 rings (SSSR count). The van der Waals surface area contributed by atoms with Gasteiger partial charge in [0.05, 0.1) is 11.1 Å². The molecule has 1 aliphatic heterocycles. The lowest BCUT2D eigenvalue weighted by Gasteiger charge is -2.54. The maximum Gasteiger partial charge on any atom is 0.134 e. The van der Waals surface area contributed by atoms with Gasteiger partial charge in [0.1, 0.15) is 18.1 Å². The number of halogens is 1. The van der Waals surface area contributed by atoms with Crippen LogP contribution in [0.3, 0.4) is 0 Å². The summed E-state index contributed by atoms with van der Waals surface area (Å²) in [6.07, 6.45) is 8.93. The summed E-state index contributed by atoms with van der Waals surface area (Å²) >= 11 is 6.62. The van der Waals surface area contributed by atoms with Crippen LogP contribution in [0.1, 0.15) is 80.4 Å². The van der Waals surface area contributed by atoms with Crippen LogP contribution >= 0.6 is 11.6 Å². The Balaban J connectivity index is 1.14. The Hall–Kier alpha value is -1.75. The first-order valence-corrected chi connectivity index (χ1v) is 15.0. The Kier molecular flexibility index (Phi) is 6.02. The summed E-state index contributed by atoms with van der Waals surface area (Å²) in [4.78, 5) is 2.62. The zero-order chi connectivity index (χ0) is 25.3. The summed E-state index contributed by atoms with van der Waals surface area (Å²) in [5.74, 6) is 3.80. The molecule has 2 unspecified atom stereocenters. The van der Waals surface area contributed by atoms with Crippen molar-refractivity contribution in [2.45, 2.75) is 82.3 Å². The van der Waals surface area contributed by atoms with Crippen molar-refractivity contribution >= 4 is 11.6 Å². The highest BCUT2D eigenvalue weighted by Gasteiger charge is 2.58. The molecule has 0 amide bonds. The van der Waals surface area contributed by atoms with Crippen molar-refractivity contribution in [2.75, 3.05) is 19.7 Å². The molecule has 4 aliphatic carbocycles. The number of hydrogen-bond acceptors (Lipinski definition) is 4. The molecule has 0 spiro atoms. The molecule has 8 atom stereocenters. The van der Waals surface area contributed by atoms with Gasteiger partial charge in [-0.05, 0) is 121 Å². The van der Waals surface area contributed by atoms with Gasteiger partial charge in [-0.3, -0.25) is 4.90 Å². The number of likely N-dealkylation sites (tertiary alicyclic amines) is 1. The van der Waals surface area contributed by atoms with Crippen molar-refractivity contribution in [1.29, 1.82) is 0 Å². The number of piperidine rings is 1. The van der Waals surface area contributed by atoms with E-state index in [4.69, 9.17) is 16.3 Å². The number of nitrogens with zero attached hydrogens (tertiary/aromatic N) is 1. The maximum atomic E-state index is 11.1. The molecule has 2 N–H and O–H groups in total. The minimum atomic E-state index is -0.228. The fourth-order valence-electron chi connectivity index (χ4n) is 9.43. The number of phenols is 1. The van der Waals surface area contributed by atoms with Crippen LogP contribution in [0.25, 0.3) is 0 Å². The number of rotatable bonds is 5. The highest BCUT2D eigenvalue weighted by atomic mass is 35.5. The van der Waals surface area contributed by atoms with Crippen LogP contribution in [0, 0.1) is 23.2 Å². The van der Waals surface area contributed by atoms with Gasteiger partial charge < -0.3 is 14.9 Å². The highest BCUT2D eigenvalue weighted by molar-refractivity contribution is 6.32. The predicted octanol–water partition coefficient (Wildman–Crippen LogP) is 6.52. The first-order valence-electron chi connectivity index (χ1n) is 14.6. The van der Waals surface area contributed by atoms with Crippen LogP contribution in [0.5, 0.6) is 11.5 Å². The van der Waals surface area contributed by atoms with E-state index in [1.807, 2.05) is 0 Å². The third-order valence-corrected chi connectivity index (χ3v) is 11.7. The molecular weight excluding hydrogens is 482 g/mol. The molecular formula is C32H40ClNO3. The van der Waals surface area contributed by atoms with E-state index in [-0.39, 0.29) is 17.3 Å². The maximum absolute atomic E-state index is 11.1. The van der Waals surface area contributed by atoms with Gasteiger partial charge in [0.2, 0.25) is 0 Å². The van der Waals surface area contributed by atoms with Gasteiger partial charge in [-0.1, -0.05) is 36.7 Å². The van der Waals surface area contributed by atoms with Gasteiger partial charge in [-0.2, -0.15) is 0 Å². The Morgan fingerprint density at radius 1 is 1.05 bits per heavy atom. The zero-order valence-electron chi connectivity index (χ0n) is 21.9. The zero-order valence-corrected chi connectivity index (χ0v) is 22.7. The number of phenolic OH excluding ortho intramolecular Hbond substituents is 1. The number of hydrogen-bond donors (Lipinski definition) is 2. The number of benzene rings is 2. The second kappa shape index (κ2) is 9.17. The molecule has 37 heavy (non-hydrogen) atoms. The average Bonchev–Trinajstić information content (AvgIpc) is 3.61. The molecule has 5 aliphatic rings. The van der Waals surface area contributed by atoms with E-state index in [1.54, 1.807) is 6.07 Å². The SMILES string of the molecule is C[C@]12C[C@H](c3ccc(OCCN4CC5CCC4C5)cc3)[C@@H]3c4ccc(O)c(Cl)c4CC[C@H]3[C@@H]1CC[C@@H]2O. The summed E-state index contributed by atoms with van der Waals surface area (Å²) < 4.78 is 6.19. The first kappa shape index (κ1) is 24.3. The topological polar surface area (TPSA) is 52.9 Å². The van der Waals surface area contributed by atoms with Gasteiger partial charge in [-0.15, -0.1) is 0 Å². The molecule has 198 valence electrons. The fourth-order valence-corrected chi connectivity index (χ4v) is 9.70. The smallest absolute Gasteiger partial charge is 0.134 e. The van der Waals surface area contributed by atoms with Crippen LogP contribution in [0.2, 0.25) is 5.02 Å². The number of fused-ring (bicyclic) bond motifs is 7. The summed E-state index contributed by atoms with van der Waals surface area (Å²) in [7, 11) is 0. The summed E-state index contributed by atoms with van der Waals surface area (Å²) in [5, 5.41) is 21.9. The molecule has 0 radical (unpaired) electrons. The Bertz CT molecular complexity index is 1170. The van der Waals surface area contributed by atoms with E-state index < -0.39 is 0 Å². The van der Waals surface area contributed by atoms with E-state index in [0.29, 0.717) is 28.7 Å². The van der Waals surface area contributed by atoms with Gasteiger partial charge >= 0.3 is 0 Å². The average molecular weight is 522 g/mol. The Morgan fingerprint density at radius 3 is 2.65 bits per heavy atom. The van der Waals surface area contributed by atoms with Gasteiger partial charge in [0, 0.05) is 19.1 Å². The van der Waals surface area contributed by atoms with E-state index >= 15 is 0 Å². The number of aliphatic hydroxyl groups is 1. The van der Waals surface area contributed by atoms with Crippen LogP contribution in [0.4, 0.5) is 0 Å². The predicted molar refractivity (Wildman–Crippen MR) is 147 cm³/mol. The van der Waals surface area contributed by atoms with Crippen molar-refractivity contribution < 1.29 is 14.9 Å². The fraction of sp³-hybridized carbons (Fsp3) is 0.625. The van der Waals surface area contributed by atoms with Crippen molar-refractivity contribution in [2.24, 2.45) is 23.2 Å². The van der Waals surface area contributed by atoms with Crippen molar-refractivity contribution in [3.8, 4) is 11.5 Å². The summed E-state index contributed by atoms with van der Waals surface area (Å²) in [6, 6.07) is 13.5. The monoisotopic (exact) mass is 521 g/mol. The lowest BCUT2D eigenvalue weighted by atomic mass is 9.51. The van der Waals surface area contributed by atoms with Crippen LogP contribution in [-0.4, -0.2) is 47.0 Å². The van der Waals surface area contributed by atoms with Crippen molar-refractivity contribution in [3.05, 3.63) is 58.1 Å². The highest BCUT2D eigenvalue weighted by Crippen LogP contribution is 2.65. The minimum absolute atomic E-state index is 0.0473. The Labute approximate surface area is 226 Å². The quantitative estimate of drug-likeness (QED) is 0.470. The molecule has 4 fully saturated rings. The standard InChI is InChI=1S/C32H40ClNO3/c1-32-17-26(20-3-6-22(7-4-20)37-15-14-34-18-19-2-5-21(34)16-19)30-23-10-12-28(35)31(33)24(23)8-9-25(30)27(32)11-13-29(32)36/h3-4,6-7,10,12,19,21,25-27,29-30,35-36H,2,5,8-9,11,13-18H2,1H3/t19?,21?,25-,26+,27-,29-,30+,32-/m0/s1. The van der Waals surface area contributed by atoms with E-state index in [1.165, 1.54) is 36.9 Å². The van der Waals surface area contributed by atoms with Gasteiger partial charge in [0.15, 0.2) is 0 Å². The second-order valence-corrected chi connectivity index (χ2v) is 13.3. The van der Waals surface area contributed by atoms with Gasteiger partial charge in [0.25, 0.3) is 0 Å². The number of aliphatic hydroxyl groups excluding tert-OH is 1. The molecule has 2 aromatic rings. The van der Waals surface area contributed by atoms with E-state index in [2.05, 4.69) is 42.2 Å². The Morgan fingerprint density at radius 2 is 1.89 bits per heavy atom. The second-order valence-electron chi connectivity index (χ2n) is 13.0. The lowest BCUT2D eigenvalue weighted by molar-refractivity contribution is -0.0322. The van der Waals surface area contributed by atoms with Crippen LogP contribution in [0.15, 0.2) is 36.4 Å². The number of aromatic hydroxyl groups is 1. The lowest BCUT2D eigenvalue weighted by Crippen LogP contribution is -2.47. The molecule has 2 bridgehead atoms.